The van der Waals surface area contributed by atoms with E-state index in [1.54, 1.807) is 48.0 Å². The molecule has 1 aromatic heterocycles. The van der Waals surface area contributed by atoms with Gasteiger partial charge in [0.1, 0.15) is 17.5 Å². The summed E-state index contributed by atoms with van der Waals surface area (Å²) in [6, 6.07) is 10.3. The molecule has 0 N–H and O–H groups in total. The van der Waals surface area contributed by atoms with Gasteiger partial charge in [-0.2, -0.15) is 5.26 Å². The number of nitrogens with zero attached hydrogens (tertiary/aromatic N) is 2. The molecule has 0 fully saturated rings. The lowest BCUT2D eigenvalue weighted by molar-refractivity contribution is -0.142. The first-order valence-corrected chi connectivity index (χ1v) is 7.54. The number of benzene rings is 1. The van der Waals surface area contributed by atoms with Crippen molar-refractivity contribution < 1.29 is 19.1 Å². The number of ether oxygens (including phenoxy) is 2. The fourth-order valence-corrected chi connectivity index (χ4v) is 2.18. The molecular weight excluding hydrogens is 320 g/mol. The molecule has 0 amide bonds. The molecule has 0 bridgehead atoms. The Morgan fingerprint density at radius 3 is 2.52 bits per heavy atom. The van der Waals surface area contributed by atoms with E-state index in [0.29, 0.717) is 17.0 Å². The summed E-state index contributed by atoms with van der Waals surface area (Å²) in [6.07, 6.45) is 3.16. The van der Waals surface area contributed by atoms with Crippen LogP contribution >= 0.6 is 0 Å². The van der Waals surface area contributed by atoms with Crippen molar-refractivity contribution in [1.29, 1.82) is 5.26 Å². The van der Waals surface area contributed by atoms with E-state index in [2.05, 4.69) is 10.8 Å². The van der Waals surface area contributed by atoms with Crippen molar-refractivity contribution >= 4 is 17.8 Å². The maximum atomic E-state index is 12.2. The van der Waals surface area contributed by atoms with E-state index in [9.17, 15) is 9.59 Å². The molecule has 2 rings (SSSR count). The second-order valence-electron chi connectivity index (χ2n) is 5.33. The number of hydrogen-bond acceptors (Lipinski definition) is 5. The number of hydrogen-bond donors (Lipinski definition) is 0. The highest BCUT2D eigenvalue weighted by Gasteiger charge is 2.08. The lowest BCUT2D eigenvalue weighted by Gasteiger charge is -2.05. The average molecular weight is 338 g/mol. The highest BCUT2D eigenvalue weighted by atomic mass is 16.6. The van der Waals surface area contributed by atoms with Crippen LogP contribution in [0.5, 0.6) is 5.75 Å². The summed E-state index contributed by atoms with van der Waals surface area (Å²) in [6.45, 7) is 1.70. The molecule has 0 aliphatic carbocycles. The van der Waals surface area contributed by atoms with Crippen LogP contribution < -0.4 is 4.74 Å². The van der Waals surface area contributed by atoms with Crippen LogP contribution in [0.3, 0.4) is 0 Å². The van der Waals surface area contributed by atoms with E-state index < -0.39 is 5.97 Å². The summed E-state index contributed by atoms with van der Waals surface area (Å²) in [4.78, 5) is 23.3. The Kier molecular flexibility index (Phi) is 5.75. The lowest BCUT2D eigenvalue weighted by atomic mass is 10.1. The Hall–Kier alpha value is -3.33. The maximum Gasteiger partial charge on any atom is 0.343 e. The number of rotatable bonds is 6. The zero-order valence-corrected chi connectivity index (χ0v) is 14.3. The summed E-state index contributed by atoms with van der Waals surface area (Å²) < 4.78 is 11.5. The van der Waals surface area contributed by atoms with E-state index in [1.807, 2.05) is 6.92 Å². The molecule has 0 unspecified atom stereocenters. The van der Waals surface area contributed by atoms with Crippen LogP contribution in [0.25, 0.3) is 6.08 Å². The molecule has 2 aromatic rings. The highest BCUT2D eigenvalue weighted by molar-refractivity contribution is 6.06. The van der Waals surface area contributed by atoms with E-state index in [-0.39, 0.29) is 12.4 Å². The second kappa shape index (κ2) is 7.97. The first-order chi connectivity index (χ1) is 12.0. The summed E-state index contributed by atoms with van der Waals surface area (Å²) in [7, 11) is 3.09. The third-order valence-electron chi connectivity index (χ3n) is 3.83. The molecule has 0 aliphatic rings. The third-order valence-corrected chi connectivity index (χ3v) is 3.83. The minimum atomic E-state index is -0.474. The van der Waals surface area contributed by atoms with Gasteiger partial charge in [-0.25, -0.2) is 4.79 Å². The van der Waals surface area contributed by atoms with Gasteiger partial charge in [-0.05, 0) is 55.0 Å². The smallest absolute Gasteiger partial charge is 0.343 e. The van der Waals surface area contributed by atoms with Crippen molar-refractivity contribution in [1.82, 2.24) is 4.57 Å². The number of ketones is 1. The fraction of sp³-hybridized carbons (Fsp3) is 0.211. The number of nitriles is 1. The fourth-order valence-electron chi connectivity index (χ4n) is 2.18. The quantitative estimate of drug-likeness (QED) is 0.459. The molecule has 1 aromatic carbocycles. The van der Waals surface area contributed by atoms with Crippen LogP contribution in [-0.4, -0.2) is 30.0 Å². The van der Waals surface area contributed by atoms with Crippen LogP contribution in [-0.2, 0) is 16.6 Å². The highest BCUT2D eigenvalue weighted by Crippen LogP contribution is 2.17. The van der Waals surface area contributed by atoms with Gasteiger partial charge in [0.2, 0.25) is 0 Å². The van der Waals surface area contributed by atoms with Gasteiger partial charge in [0.15, 0.2) is 12.4 Å². The van der Waals surface area contributed by atoms with Gasteiger partial charge >= 0.3 is 5.97 Å². The van der Waals surface area contributed by atoms with Crippen molar-refractivity contribution in [2.24, 2.45) is 7.05 Å². The van der Waals surface area contributed by atoms with E-state index in [4.69, 9.17) is 10.00 Å². The predicted molar refractivity (Wildman–Crippen MR) is 92.2 cm³/mol. The van der Waals surface area contributed by atoms with Crippen LogP contribution in [0.2, 0.25) is 0 Å². The summed E-state index contributed by atoms with van der Waals surface area (Å²) in [5.41, 5.74) is 2.77. The van der Waals surface area contributed by atoms with Crippen LogP contribution in [0, 0.1) is 18.3 Å². The molecule has 0 radical (unpaired) electrons. The molecule has 0 saturated heterocycles. The minimum absolute atomic E-state index is 0.165. The van der Waals surface area contributed by atoms with Gasteiger partial charge in [0, 0.05) is 18.3 Å². The number of carbonyl (C=O) groups excluding carboxylic acids is 2. The molecule has 25 heavy (non-hydrogen) atoms. The number of carbonyl (C=O) groups is 2. The van der Waals surface area contributed by atoms with Crippen molar-refractivity contribution in [3.8, 4) is 11.8 Å². The Labute approximate surface area is 145 Å². The first kappa shape index (κ1) is 18.0. The van der Waals surface area contributed by atoms with Gasteiger partial charge in [-0.1, -0.05) is 0 Å². The summed E-state index contributed by atoms with van der Waals surface area (Å²) in [5.74, 6) is -0.164. The Morgan fingerprint density at radius 1 is 1.28 bits per heavy atom. The van der Waals surface area contributed by atoms with Gasteiger partial charge < -0.3 is 14.0 Å². The second-order valence-corrected chi connectivity index (χ2v) is 5.33. The van der Waals surface area contributed by atoms with Gasteiger partial charge in [-0.3, -0.25) is 4.79 Å². The molecule has 0 atom stereocenters. The Bertz CT molecular complexity index is 855. The van der Waals surface area contributed by atoms with E-state index in [0.717, 1.165) is 11.3 Å². The Balaban J connectivity index is 2.06. The molecule has 1 heterocycles. The Morgan fingerprint density at radius 2 is 1.96 bits per heavy atom. The molecule has 0 saturated carbocycles. The monoisotopic (exact) mass is 338 g/mol. The zero-order valence-electron chi connectivity index (χ0n) is 14.3. The molecule has 6 heteroatoms. The average Bonchev–Trinajstić information content (AvgIpc) is 2.92. The topological polar surface area (TPSA) is 81.3 Å². The molecule has 0 aliphatic heterocycles. The van der Waals surface area contributed by atoms with Gasteiger partial charge in [0.05, 0.1) is 7.11 Å². The predicted octanol–water partition coefficient (Wildman–Crippen LogP) is 2.65. The van der Waals surface area contributed by atoms with E-state index in [1.165, 1.54) is 13.2 Å². The van der Waals surface area contributed by atoms with Crippen molar-refractivity contribution in [2.45, 2.75) is 6.92 Å². The van der Waals surface area contributed by atoms with Gasteiger partial charge in [0.25, 0.3) is 0 Å². The zero-order chi connectivity index (χ0) is 18.4. The maximum absolute atomic E-state index is 12.2. The van der Waals surface area contributed by atoms with Gasteiger partial charge in [-0.15, -0.1) is 0 Å². The number of aromatic nitrogens is 1. The molecular formula is C19H18N2O4. The third kappa shape index (κ3) is 4.36. The van der Waals surface area contributed by atoms with Crippen molar-refractivity contribution in [2.75, 3.05) is 13.7 Å². The lowest BCUT2D eigenvalue weighted by Crippen LogP contribution is -2.12. The standard InChI is InChI=1S/C19H18N2O4/c1-13-15(10-16(11-20)21(13)2)6-9-18(22)14-4-7-17(8-5-14)25-12-19(23)24-3/h4-10H,12H2,1-3H3/b9-6+. The number of esters is 1. The largest absolute Gasteiger partial charge is 0.482 e. The SMILES string of the molecule is COC(=O)COc1ccc(C(=O)/C=C/c2cc(C#N)n(C)c2C)cc1. The number of methoxy groups -OCH3 is 1. The number of allylic oxidation sites excluding steroid dienone is 1. The normalized spacial score (nSPS) is 10.5. The molecule has 0 spiro atoms. The summed E-state index contributed by atoms with van der Waals surface area (Å²) in [5, 5.41) is 9.03. The van der Waals surface area contributed by atoms with Crippen molar-refractivity contribution in [3.05, 3.63) is 58.9 Å². The first-order valence-electron chi connectivity index (χ1n) is 7.54. The van der Waals surface area contributed by atoms with Crippen LogP contribution in [0.1, 0.15) is 27.3 Å². The minimum Gasteiger partial charge on any atom is -0.482 e. The van der Waals surface area contributed by atoms with Crippen LogP contribution in [0.15, 0.2) is 36.4 Å². The van der Waals surface area contributed by atoms with E-state index >= 15 is 0 Å². The molecule has 128 valence electrons. The van der Waals surface area contributed by atoms with Crippen LogP contribution in [0.4, 0.5) is 0 Å². The molecule has 6 nitrogen and oxygen atoms in total. The summed E-state index contributed by atoms with van der Waals surface area (Å²) >= 11 is 0. The van der Waals surface area contributed by atoms with Crippen molar-refractivity contribution in [3.63, 3.8) is 0 Å².